The first kappa shape index (κ1) is 33.6. The molecule has 3 heterocycles. The fourth-order valence-electron chi connectivity index (χ4n) is 5.31. The summed E-state index contributed by atoms with van der Waals surface area (Å²) in [5.41, 5.74) is -1.05. The molecule has 3 aromatic rings. The number of ether oxygens (including phenoxy) is 2. The van der Waals surface area contributed by atoms with E-state index < -0.39 is 86.5 Å². The van der Waals surface area contributed by atoms with E-state index in [0.717, 1.165) is 33.1 Å². The Labute approximate surface area is 259 Å². The van der Waals surface area contributed by atoms with Crippen molar-refractivity contribution in [2.45, 2.75) is 23.7 Å². The highest BCUT2D eigenvalue weighted by Crippen LogP contribution is 2.44. The summed E-state index contributed by atoms with van der Waals surface area (Å²) in [5.74, 6) is -2.17. The maximum atomic E-state index is 14.4. The number of aliphatic hydroxyl groups is 1. The second-order valence-electron chi connectivity index (χ2n) is 10.4. The van der Waals surface area contributed by atoms with Gasteiger partial charge in [0, 0.05) is 31.9 Å². The molecule has 0 radical (unpaired) electrons. The van der Waals surface area contributed by atoms with E-state index >= 15 is 0 Å². The Balaban J connectivity index is 1.69. The molecule has 1 saturated heterocycles. The number of fused-ring (bicyclic) bond motifs is 3. The van der Waals surface area contributed by atoms with Gasteiger partial charge in [-0.25, -0.2) is 26.2 Å². The monoisotopic (exact) mass is 696 g/mol. The van der Waals surface area contributed by atoms with Crippen molar-refractivity contribution in [2.75, 3.05) is 54.9 Å². The minimum Gasteiger partial charge on any atom is -0.474 e. The van der Waals surface area contributed by atoms with Gasteiger partial charge in [-0.05, 0) is 41.5 Å². The molecule has 0 spiro atoms. The molecule has 0 unspecified atom stereocenters. The highest BCUT2D eigenvalue weighted by Gasteiger charge is 2.43. The molecule has 2 aliphatic rings. The molecular weight excluding hydrogens is 670 g/mol. The molecule has 1 N–H and O–H groups in total. The number of anilines is 2. The van der Waals surface area contributed by atoms with Crippen molar-refractivity contribution in [3.05, 3.63) is 60.0 Å². The predicted molar refractivity (Wildman–Crippen MR) is 152 cm³/mol. The van der Waals surface area contributed by atoms with Gasteiger partial charge in [-0.3, -0.25) is 4.31 Å². The number of alkyl halides is 5. The van der Waals surface area contributed by atoms with Gasteiger partial charge in [0.2, 0.25) is 15.9 Å². The van der Waals surface area contributed by atoms with Crippen LogP contribution in [0.2, 0.25) is 0 Å². The fraction of sp³-hybridized carbons (Fsp3) is 0.370. The summed E-state index contributed by atoms with van der Waals surface area (Å²) in [6.07, 6.45) is -3.63. The zero-order valence-corrected chi connectivity index (χ0v) is 25.4. The molecule has 2 aromatic carbocycles. The third kappa shape index (κ3) is 6.81. The number of pyridine rings is 1. The third-order valence-corrected chi connectivity index (χ3v) is 10.4. The molecule has 46 heavy (non-hydrogen) atoms. The molecular formula is C27H26F6N4O7S2. The first-order chi connectivity index (χ1) is 21.5. The Kier molecular flexibility index (Phi) is 9.06. The summed E-state index contributed by atoms with van der Waals surface area (Å²) < 4.78 is 146. The SMILES string of the molecule is CS(=O)(=O)N1CCN2c3ccc(-c4cc(F)cc(OC(F)F)c4)cc3N(S(=O)(=O)c3cc(C(F)(F)F)cnc3OCCO)C[C@@H]2C1. The van der Waals surface area contributed by atoms with E-state index in [2.05, 4.69) is 9.72 Å². The molecule has 0 aliphatic carbocycles. The predicted octanol–water partition coefficient (Wildman–Crippen LogP) is 3.54. The Morgan fingerprint density at radius 3 is 2.39 bits per heavy atom. The minimum absolute atomic E-state index is 0.0209. The van der Waals surface area contributed by atoms with Gasteiger partial charge in [0.25, 0.3) is 10.0 Å². The topological polar surface area (TPSA) is 130 Å². The molecule has 2 aliphatic heterocycles. The zero-order chi connectivity index (χ0) is 33.6. The standard InChI is InChI=1S/C27H26F6N4O7S2/c1-45(39,40)35-4-5-36-20(14-35)15-37(46(41,42)24-11-18(27(31,32)33)13-34-25(24)43-7-6-38)23-10-16(2-3-22(23)36)17-8-19(28)12-21(9-17)44-26(29)30/h2-3,8-13,20,26,38H,4-7,14-15H2,1H3/t20-/m0/s1. The van der Waals surface area contributed by atoms with Crippen molar-refractivity contribution in [1.82, 2.24) is 9.29 Å². The van der Waals surface area contributed by atoms with E-state index in [1.807, 2.05) is 0 Å². The number of hydrogen-bond donors (Lipinski definition) is 1. The second kappa shape index (κ2) is 12.4. The van der Waals surface area contributed by atoms with Crippen LogP contribution in [-0.4, -0.2) is 89.5 Å². The van der Waals surface area contributed by atoms with E-state index in [4.69, 9.17) is 4.74 Å². The van der Waals surface area contributed by atoms with Gasteiger partial charge in [-0.15, -0.1) is 0 Å². The maximum Gasteiger partial charge on any atom is 0.417 e. The lowest BCUT2D eigenvalue weighted by Gasteiger charge is -2.48. The third-order valence-electron chi connectivity index (χ3n) is 7.32. The lowest BCUT2D eigenvalue weighted by atomic mass is 10.0. The van der Waals surface area contributed by atoms with Gasteiger partial charge in [-0.2, -0.15) is 26.3 Å². The molecule has 1 aromatic heterocycles. The Morgan fingerprint density at radius 2 is 1.74 bits per heavy atom. The largest absolute Gasteiger partial charge is 0.474 e. The molecule has 1 fully saturated rings. The zero-order valence-electron chi connectivity index (χ0n) is 23.8. The van der Waals surface area contributed by atoms with Crippen LogP contribution in [0.1, 0.15) is 5.56 Å². The number of sulfonamides is 2. The lowest BCUT2D eigenvalue weighted by Crippen LogP contribution is -2.61. The molecule has 19 heteroatoms. The summed E-state index contributed by atoms with van der Waals surface area (Å²) in [6, 6.07) is 6.58. The van der Waals surface area contributed by atoms with Crippen molar-refractivity contribution in [3.63, 3.8) is 0 Å². The van der Waals surface area contributed by atoms with Crippen LogP contribution in [0.15, 0.2) is 53.6 Å². The first-order valence-corrected chi connectivity index (χ1v) is 16.7. The van der Waals surface area contributed by atoms with Crippen LogP contribution in [0.4, 0.5) is 37.7 Å². The summed E-state index contributed by atoms with van der Waals surface area (Å²) in [5, 5.41) is 9.20. The van der Waals surface area contributed by atoms with Gasteiger partial charge in [0.1, 0.15) is 18.2 Å². The van der Waals surface area contributed by atoms with Gasteiger partial charge in [-0.1, -0.05) is 6.07 Å². The Hall–Kier alpha value is -3.81. The van der Waals surface area contributed by atoms with E-state index in [1.54, 1.807) is 4.90 Å². The summed E-state index contributed by atoms with van der Waals surface area (Å²) >= 11 is 0. The van der Waals surface area contributed by atoms with E-state index in [-0.39, 0.29) is 42.1 Å². The molecule has 0 saturated carbocycles. The Bertz CT molecular complexity index is 1840. The number of hydrogen-bond acceptors (Lipinski definition) is 9. The molecule has 1 atom stereocenters. The summed E-state index contributed by atoms with van der Waals surface area (Å²) in [4.78, 5) is 4.33. The number of nitrogens with zero attached hydrogens (tertiary/aromatic N) is 4. The average molecular weight is 697 g/mol. The molecule has 0 amide bonds. The number of benzene rings is 2. The van der Waals surface area contributed by atoms with Crippen LogP contribution in [0.3, 0.4) is 0 Å². The number of piperazine rings is 1. The maximum absolute atomic E-state index is 14.4. The highest BCUT2D eigenvalue weighted by atomic mass is 32.2. The molecule has 0 bridgehead atoms. The Morgan fingerprint density at radius 1 is 1.00 bits per heavy atom. The van der Waals surface area contributed by atoms with Crippen LogP contribution < -0.4 is 18.7 Å². The minimum atomic E-state index is -4.99. The number of halogens is 6. The number of aromatic nitrogens is 1. The van der Waals surface area contributed by atoms with E-state index in [1.165, 1.54) is 18.2 Å². The van der Waals surface area contributed by atoms with E-state index in [9.17, 15) is 48.3 Å². The average Bonchev–Trinajstić information content (AvgIpc) is 2.97. The second-order valence-corrected chi connectivity index (χ2v) is 14.2. The summed E-state index contributed by atoms with van der Waals surface area (Å²) in [7, 11) is -8.68. The van der Waals surface area contributed by atoms with Crippen LogP contribution in [0.25, 0.3) is 11.1 Å². The quantitative estimate of drug-likeness (QED) is 0.334. The van der Waals surface area contributed by atoms with Crippen LogP contribution in [-0.2, 0) is 26.2 Å². The van der Waals surface area contributed by atoms with Crippen molar-refractivity contribution in [1.29, 1.82) is 0 Å². The molecule has 11 nitrogen and oxygen atoms in total. The van der Waals surface area contributed by atoms with Crippen molar-refractivity contribution >= 4 is 31.4 Å². The highest BCUT2D eigenvalue weighted by molar-refractivity contribution is 7.93. The molecule has 250 valence electrons. The van der Waals surface area contributed by atoms with Gasteiger partial charge in [0.05, 0.1) is 42.4 Å². The summed E-state index contributed by atoms with van der Waals surface area (Å²) in [6.45, 7) is -4.78. The fourth-order valence-corrected chi connectivity index (χ4v) is 7.78. The van der Waals surface area contributed by atoms with Crippen molar-refractivity contribution in [3.8, 4) is 22.8 Å². The van der Waals surface area contributed by atoms with Crippen molar-refractivity contribution < 1.29 is 57.8 Å². The van der Waals surface area contributed by atoms with Crippen LogP contribution in [0.5, 0.6) is 11.6 Å². The number of aliphatic hydroxyl groups excluding tert-OH is 1. The normalized spacial score (nSPS) is 17.5. The van der Waals surface area contributed by atoms with Gasteiger partial charge in [0.15, 0.2) is 4.90 Å². The molecule has 5 rings (SSSR count). The smallest absolute Gasteiger partial charge is 0.417 e. The van der Waals surface area contributed by atoms with E-state index in [0.29, 0.717) is 12.3 Å². The first-order valence-electron chi connectivity index (χ1n) is 13.4. The van der Waals surface area contributed by atoms with Crippen LogP contribution in [0, 0.1) is 5.82 Å². The van der Waals surface area contributed by atoms with Gasteiger partial charge < -0.3 is 19.5 Å². The van der Waals surface area contributed by atoms with Crippen LogP contribution >= 0.6 is 0 Å². The number of rotatable bonds is 9. The van der Waals surface area contributed by atoms with Gasteiger partial charge >= 0.3 is 12.8 Å². The lowest BCUT2D eigenvalue weighted by molar-refractivity contribution is -0.138. The van der Waals surface area contributed by atoms with Crippen molar-refractivity contribution in [2.24, 2.45) is 0 Å².